The fraction of sp³-hybridized carbons (Fsp3) is 0.833. The summed E-state index contributed by atoms with van der Waals surface area (Å²) >= 11 is 0. The maximum atomic E-state index is 10.3. The van der Waals surface area contributed by atoms with Crippen LogP contribution in [0.5, 0.6) is 0 Å². The zero-order valence-electron chi connectivity index (χ0n) is 5.08. The first-order valence-electron chi connectivity index (χ1n) is 3.29. The van der Waals surface area contributed by atoms with Gasteiger partial charge in [0.1, 0.15) is 6.04 Å². The zero-order valence-corrected chi connectivity index (χ0v) is 5.08. The molecule has 0 aromatic carbocycles. The van der Waals surface area contributed by atoms with Gasteiger partial charge in [-0.05, 0) is 19.4 Å². The molecule has 2 aliphatic heterocycles. The van der Waals surface area contributed by atoms with Gasteiger partial charge in [0.25, 0.3) is 0 Å². The van der Waals surface area contributed by atoms with E-state index in [1.165, 1.54) is 6.42 Å². The predicted octanol–water partition coefficient (Wildman–Crippen LogP) is -0.0824. The smallest absolute Gasteiger partial charge is 0.322 e. The Hall–Kier alpha value is -0.570. The van der Waals surface area contributed by atoms with E-state index in [0.29, 0.717) is 6.04 Å². The highest BCUT2D eigenvalue weighted by molar-refractivity contribution is 5.78. The van der Waals surface area contributed by atoms with E-state index in [4.69, 9.17) is 5.11 Å². The Kier molecular flexibility index (Phi) is 0.858. The lowest BCUT2D eigenvalue weighted by molar-refractivity contribution is -0.137. The minimum absolute atomic E-state index is 0.112. The quantitative estimate of drug-likeness (QED) is 0.501. The Labute approximate surface area is 53.3 Å². The summed E-state index contributed by atoms with van der Waals surface area (Å²) in [7, 11) is 0. The summed E-state index contributed by atoms with van der Waals surface area (Å²) in [6.45, 7) is 1.00. The molecule has 0 bridgehead atoms. The van der Waals surface area contributed by atoms with Gasteiger partial charge in [-0.15, -0.1) is 0 Å². The van der Waals surface area contributed by atoms with Gasteiger partial charge >= 0.3 is 5.97 Å². The topological polar surface area (TPSA) is 40.3 Å². The number of piperidine rings is 1. The maximum absolute atomic E-state index is 10.3. The number of nitrogens with zero attached hydrogens (tertiary/aromatic N) is 1. The van der Waals surface area contributed by atoms with Crippen molar-refractivity contribution >= 4 is 5.97 Å². The summed E-state index contributed by atoms with van der Waals surface area (Å²) in [4.78, 5) is 12.4. The second-order valence-electron chi connectivity index (χ2n) is 2.73. The van der Waals surface area contributed by atoms with Crippen LogP contribution in [0.3, 0.4) is 0 Å². The lowest BCUT2D eigenvalue weighted by atomic mass is 10.2. The van der Waals surface area contributed by atoms with Gasteiger partial charge in [-0.25, -0.2) is 0 Å². The lowest BCUT2D eigenvalue weighted by Crippen LogP contribution is -2.14. The number of carboxylic acid groups (broad SMARTS) is 1. The van der Waals surface area contributed by atoms with Crippen molar-refractivity contribution in [1.82, 2.24) is 4.90 Å². The predicted molar refractivity (Wildman–Crippen MR) is 31.2 cm³/mol. The van der Waals surface area contributed by atoms with Crippen molar-refractivity contribution in [3.8, 4) is 0 Å². The Morgan fingerprint density at radius 3 is 2.78 bits per heavy atom. The van der Waals surface area contributed by atoms with Crippen molar-refractivity contribution in [2.45, 2.75) is 24.9 Å². The molecule has 1 unspecified atom stereocenters. The highest BCUT2D eigenvalue weighted by Gasteiger charge is 2.54. The fourth-order valence-electron chi connectivity index (χ4n) is 1.75. The van der Waals surface area contributed by atoms with Crippen LogP contribution in [0, 0.1) is 0 Å². The first kappa shape index (κ1) is 5.23. The Bertz CT molecular complexity index is 147. The molecule has 3 atom stereocenters. The van der Waals surface area contributed by atoms with Crippen LogP contribution in [0.15, 0.2) is 0 Å². The van der Waals surface area contributed by atoms with E-state index < -0.39 is 5.97 Å². The van der Waals surface area contributed by atoms with Gasteiger partial charge in [-0.3, -0.25) is 9.69 Å². The maximum Gasteiger partial charge on any atom is 0.322 e. The van der Waals surface area contributed by atoms with Crippen molar-refractivity contribution in [2.24, 2.45) is 0 Å². The third-order valence-electron chi connectivity index (χ3n) is 2.23. The molecule has 0 aromatic heterocycles. The van der Waals surface area contributed by atoms with Gasteiger partial charge in [-0.1, -0.05) is 0 Å². The number of hydrogen-bond acceptors (Lipinski definition) is 2. The van der Waals surface area contributed by atoms with Gasteiger partial charge < -0.3 is 5.11 Å². The van der Waals surface area contributed by atoms with Gasteiger partial charge in [0.15, 0.2) is 0 Å². The van der Waals surface area contributed by atoms with Crippen molar-refractivity contribution in [3.05, 3.63) is 0 Å². The molecule has 0 aromatic rings. The number of aliphatic carboxylic acids is 1. The van der Waals surface area contributed by atoms with Crippen molar-refractivity contribution in [1.29, 1.82) is 0 Å². The molecule has 0 spiro atoms. The zero-order chi connectivity index (χ0) is 6.43. The third-order valence-corrected chi connectivity index (χ3v) is 2.23. The van der Waals surface area contributed by atoms with E-state index >= 15 is 0 Å². The number of carbonyl (C=O) groups is 1. The third kappa shape index (κ3) is 0.580. The van der Waals surface area contributed by atoms with Gasteiger partial charge in [0.2, 0.25) is 0 Å². The summed E-state index contributed by atoms with van der Waals surface area (Å²) in [5, 5.41) is 8.52. The van der Waals surface area contributed by atoms with Gasteiger partial charge in [-0.2, -0.15) is 0 Å². The molecule has 2 saturated heterocycles. The monoisotopic (exact) mass is 127 g/mol. The molecule has 0 aliphatic carbocycles. The Balaban J connectivity index is 2.02. The molecule has 0 radical (unpaired) electrons. The van der Waals surface area contributed by atoms with Crippen LogP contribution in [-0.2, 0) is 4.79 Å². The van der Waals surface area contributed by atoms with E-state index in [1.54, 1.807) is 0 Å². The Morgan fingerprint density at radius 2 is 2.44 bits per heavy atom. The number of fused-ring (bicyclic) bond motifs is 1. The average Bonchev–Trinajstić information content (AvgIpc) is 2.30. The molecule has 2 fully saturated rings. The molecule has 0 amide bonds. The van der Waals surface area contributed by atoms with E-state index in [2.05, 4.69) is 0 Å². The molecule has 1 N–H and O–H groups in total. The summed E-state index contributed by atoms with van der Waals surface area (Å²) in [5.74, 6) is -0.639. The minimum Gasteiger partial charge on any atom is -0.480 e. The number of hydrogen-bond donors (Lipinski definition) is 1. The van der Waals surface area contributed by atoms with Crippen LogP contribution in [0.4, 0.5) is 0 Å². The Morgan fingerprint density at radius 1 is 1.67 bits per heavy atom. The van der Waals surface area contributed by atoms with Crippen LogP contribution in [-0.4, -0.2) is 34.6 Å². The first-order chi connectivity index (χ1) is 4.30. The van der Waals surface area contributed by atoms with Crippen LogP contribution in [0.25, 0.3) is 0 Å². The van der Waals surface area contributed by atoms with E-state index in [1.807, 2.05) is 4.90 Å². The average molecular weight is 127 g/mol. The van der Waals surface area contributed by atoms with E-state index in [9.17, 15) is 4.79 Å². The van der Waals surface area contributed by atoms with Gasteiger partial charge in [0, 0.05) is 6.04 Å². The van der Waals surface area contributed by atoms with Crippen molar-refractivity contribution < 1.29 is 9.90 Å². The lowest BCUT2D eigenvalue weighted by Gasteiger charge is -1.93. The highest BCUT2D eigenvalue weighted by Crippen LogP contribution is 2.37. The molecule has 3 heteroatoms. The SMILES string of the molecule is O=C(O)[C@H]1[C@@H]2CCCN21. The molecular weight excluding hydrogens is 118 g/mol. The fourth-order valence-corrected chi connectivity index (χ4v) is 1.75. The molecular formula is C6H9NO2. The number of carboxylic acids is 1. The molecule has 50 valence electrons. The molecule has 9 heavy (non-hydrogen) atoms. The van der Waals surface area contributed by atoms with Crippen LogP contribution < -0.4 is 0 Å². The first-order valence-corrected chi connectivity index (χ1v) is 3.29. The highest BCUT2D eigenvalue weighted by atomic mass is 16.4. The van der Waals surface area contributed by atoms with Crippen molar-refractivity contribution in [2.75, 3.05) is 6.54 Å². The van der Waals surface area contributed by atoms with E-state index in [0.717, 1.165) is 13.0 Å². The normalized spacial score (nSPS) is 46.4. The second kappa shape index (κ2) is 1.48. The molecule has 2 rings (SSSR count). The molecule has 2 aliphatic rings. The van der Waals surface area contributed by atoms with E-state index in [-0.39, 0.29) is 6.04 Å². The van der Waals surface area contributed by atoms with Crippen LogP contribution >= 0.6 is 0 Å². The standard InChI is InChI=1S/C6H9NO2/c8-6(9)5-4-2-1-3-7(4)5/h4-5H,1-3H2,(H,8,9)/t4-,5+,7?/m0/s1. The largest absolute Gasteiger partial charge is 0.480 e. The van der Waals surface area contributed by atoms with Crippen LogP contribution in [0.1, 0.15) is 12.8 Å². The minimum atomic E-state index is -0.639. The summed E-state index contributed by atoms with van der Waals surface area (Å²) in [5.41, 5.74) is 0. The van der Waals surface area contributed by atoms with Gasteiger partial charge in [0.05, 0.1) is 0 Å². The summed E-state index contributed by atoms with van der Waals surface area (Å²) in [6, 6.07) is 0.293. The summed E-state index contributed by atoms with van der Waals surface area (Å²) in [6.07, 6.45) is 2.28. The molecule has 0 saturated carbocycles. The molecule has 3 nitrogen and oxygen atoms in total. The molecule has 2 heterocycles. The van der Waals surface area contributed by atoms with Crippen molar-refractivity contribution in [3.63, 3.8) is 0 Å². The number of rotatable bonds is 1. The van der Waals surface area contributed by atoms with Crippen LogP contribution in [0.2, 0.25) is 0 Å². The second-order valence-corrected chi connectivity index (χ2v) is 2.73. The summed E-state index contributed by atoms with van der Waals surface area (Å²) < 4.78 is 0.